The second-order valence-electron chi connectivity index (χ2n) is 4.16. The molecule has 1 atom stereocenters. The van der Waals surface area contributed by atoms with Gasteiger partial charge in [-0.15, -0.1) is 0 Å². The lowest BCUT2D eigenvalue weighted by Gasteiger charge is -2.17. The van der Waals surface area contributed by atoms with Gasteiger partial charge in [-0.2, -0.15) is 0 Å². The van der Waals surface area contributed by atoms with E-state index in [-0.39, 0.29) is 18.6 Å². The van der Waals surface area contributed by atoms with E-state index in [2.05, 4.69) is 10.3 Å². The van der Waals surface area contributed by atoms with Crippen LogP contribution >= 0.6 is 0 Å². The number of rotatable bonds is 5. The molecule has 0 aromatic carbocycles. The zero-order valence-electron chi connectivity index (χ0n) is 10.5. The Hall–Kier alpha value is -1.62. The minimum absolute atomic E-state index is 0.0530. The minimum Gasteiger partial charge on any atom is -0.396 e. The lowest BCUT2D eigenvalue weighted by Crippen LogP contribution is -2.34. The highest BCUT2D eigenvalue weighted by Gasteiger charge is 2.15. The van der Waals surface area contributed by atoms with Crippen LogP contribution < -0.4 is 10.2 Å². The maximum absolute atomic E-state index is 12.0. The summed E-state index contributed by atoms with van der Waals surface area (Å²) < 4.78 is 0. The second kappa shape index (κ2) is 6.20. The summed E-state index contributed by atoms with van der Waals surface area (Å²) in [7, 11) is 3.69. The predicted molar refractivity (Wildman–Crippen MR) is 67.2 cm³/mol. The smallest absolute Gasteiger partial charge is 0.255 e. The molecule has 0 bridgehead atoms. The molecule has 17 heavy (non-hydrogen) atoms. The lowest BCUT2D eigenvalue weighted by molar-refractivity contribution is 0.0934. The van der Waals surface area contributed by atoms with Gasteiger partial charge in [0.2, 0.25) is 0 Å². The number of anilines is 1. The molecule has 0 aliphatic carbocycles. The summed E-state index contributed by atoms with van der Waals surface area (Å²) >= 11 is 0. The molecule has 0 unspecified atom stereocenters. The summed E-state index contributed by atoms with van der Waals surface area (Å²) in [5, 5.41) is 11.6. The molecule has 2 N–H and O–H groups in total. The van der Waals surface area contributed by atoms with E-state index in [0.29, 0.717) is 17.8 Å². The van der Waals surface area contributed by atoms with Crippen molar-refractivity contribution in [2.75, 3.05) is 25.6 Å². The molecule has 0 fully saturated rings. The van der Waals surface area contributed by atoms with E-state index in [1.54, 1.807) is 23.2 Å². The van der Waals surface area contributed by atoms with Gasteiger partial charge in [-0.3, -0.25) is 4.79 Å². The Kier molecular flexibility index (Phi) is 4.90. The quantitative estimate of drug-likeness (QED) is 0.789. The lowest BCUT2D eigenvalue weighted by atomic mass is 10.2. The van der Waals surface area contributed by atoms with Crippen LogP contribution in [0.1, 0.15) is 23.7 Å². The normalized spacial score (nSPS) is 12.0. The van der Waals surface area contributed by atoms with E-state index >= 15 is 0 Å². The summed E-state index contributed by atoms with van der Waals surface area (Å²) in [5.74, 6) is 0.476. The number of aromatic nitrogens is 1. The molecule has 5 heteroatoms. The molecule has 94 valence electrons. The molecule has 1 heterocycles. The van der Waals surface area contributed by atoms with Crippen molar-refractivity contribution in [3.8, 4) is 0 Å². The van der Waals surface area contributed by atoms with Gasteiger partial charge < -0.3 is 15.3 Å². The predicted octanol–water partition coefficient (Wildman–Crippen LogP) is 0.648. The Bertz CT molecular complexity index is 380. The van der Waals surface area contributed by atoms with Gasteiger partial charge in [-0.25, -0.2) is 4.98 Å². The first-order valence-electron chi connectivity index (χ1n) is 5.60. The van der Waals surface area contributed by atoms with Crippen molar-refractivity contribution >= 4 is 11.7 Å². The Morgan fingerprint density at radius 1 is 1.59 bits per heavy atom. The van der Waals surface area contributed by atoms with E-state index in [1.807, 2.05) is 21.0 Å². The maximum Gasteiger partial charge on any atom is 0.255 e. The molecule has 0 radical (unpaired) electrons. The first-order chi connectivity index (χ1) is 8.06. The number of hydrogen-bond donors (Lipinski definition) is 2. The highest BCUT2D eigenvalue weighted by atomic mass is 16.3. The van der Waals surface area contributed by atoms with Crippen molar-refractivity contribution in [1.82, 2.24) is 10.3 Å². The van der Waals surface area contributed by atoms with Gasteiger partial charge in [0.1, 0.15) is 5.82 Å². The maximum atomic E-state index is 12.0. The third-order valence-corrected chi connectivity index (χ3v) is 2.39. The van der Waals surface area contributed by atoms with Crippen molar-refractivity contribution in [3.05, 3.63) is 23.9 Å². The fourth-order valence-corrected chi connectivity index (χ4v) is 1.50. The minimum atomic E-state index is -0.164. The Morgan fingerprint density at radius 3 is 2.88 bits per heavy atom. The monoisotopic (exact) mass is 237 g/mol. The van der Waals surface area contributed by atoms with Crippen LogP contribution in [-0.4, -0.2) is 42.7 Å². The van der Waals surface area contributed by atoms with Crippen LogP contribution in [0, 0.1) is 0 Å². The van der Waals surface area contributed by atoms with Crippen molar-refractivity contribution < 1.29 is 9.90 Å². The highest BCUT2D eigenvalue weighted by molar-refractivity contribution is 5.98. The third kappa shape index (κ3) is 3.71. The molecule has 0 saturated carbocycles. The van der Waals surface area contributed by atoms with Crippen LogP contribution in [-0.2, 0) is 0 Å². The molecule has 1 rings (SSSR count). The van der Waals surface area contributed by atoms with Crippen molar-refractivity contribution in [3.63, 3.8) is 0 Å². The Labute approximate surface area is 101 Å². The summed E-state index contributed by atoms with van der Waals surface area (Å²) in [5.41, 5.74) is 0.544. The van der Waals surface area contributed by atoms with Crippen LogP contribution in [0.15, 0.2) is 18.3 Å². The topological polar surface area (TPSA) is 65.5 Å². The van der Waals surface area contributed by atoms with E-state index < -0.39 is 0 Å². The molecular weight excluding hydrogens is 218 g/mol. The van der Waals surface area contributed by atoms with E-state index in [0.717, 1.165) is 0 Å². The molecule has 5 nitrogen and oxygen atoms in total. The second-order valence-corrected chi connectivity index (χ2v) is 4.16. The van der Waals surface area contributed by atoms with E-state index in [4.69, 9.17) is 5.11 Å². The first kappa shape index (κ1) is 13.4. The zero-order chi connectivity index (χ0) is 12.8. The van der Waals surface area contributed by atoms with E-state index in [1.165, 1.54) is 0 Å². The molecule has 1 aromatic heterocycles. The largest absolute Gasteiger partial charge is 0.396 e. The summed E-state index contributed by atoms with van der Waals surface area (Å²) in [6, 6.07) is 3.42. The number of amides is 1. The molecule has 1 amide bonds. The summed E-state index contributed by atoms with van der Waals surface area (Å²) in [4.78, 5) is 18.0. The fraction of sp³-hybridized carbons (Fsp3) is 0.500. The van der Waals surface area contributed by atoms with Crippen LogP contribution in [0.5, 0.6) is 0 Å². The van der Waals surface area contributed by atoms with Crippen LogP contribution in [0.25, 0.3) is 0 Å². The number of carbonyl (C=O) groups excluding carboxylic acids is 1. The summed E-state index contributed by atoms with van der Waals surface area (Å²) in [6.45, 7) is 1.93. The molecule has 0 aliphatic heterocycles. The Morgan fingerprint density at radius 2 is 2.29 bits per heavy atom. The van der Waals surface area contributed by atoms with Gasteiger partial charge in [0.25, 0.3) is 5.91 Å². The van der Waals surface area contributed by atoms with Crippen LogP contribution in [0.2, 0.25) is 0 Å². The average Bonchev–Trinajstić information content (AvgIpc) is 2.29. The number of aliphatic hydroxyl groups excluding tert-OH is 1. The molecular formula is C12H19N3O2. The van der Waals surface area contributed by atoms with Crippen molar-refractivity contribution in [2.45, 2.75) is 19.4 Å². The third-order valence-electron chi connectivity index (χ3n) is 2.39. The molecule has 0 spiro atoms. The number of nitrogens with zero attached hydrogens (tertiary/aromatic N) is 2. The number of aliphatic hydroxyl groups is 1. The van der Waals surface area contributed by atoms with Crippen LogP contribution in [0.3, 0.4) is 0 Å². The number of carbonyl (C=O) groups is 1. The fourth-order valence-electron chi connectivity index (χ4n) is 1.50. The van der Waals surface area contributed by atoms with Crippen molar-refractivity contribution in [2.24, 2.45) is 0 Å². The Balaban J connectivity index is 2.81. The van der Waals surface area contributed by atoms with Crippen molar-refractivity contribution in [1.29, 1.82) is 0 Å². The van der Waals surface area contributed by atoms with Gasteiger partial charge in [-0.1, -0.05) is 0 Å². The SMILES string of the molecule is C[C@H](CCO)NC(=O)c1cccnc1N(C)C. The average molecular weight is 237 g/mol. The summed E-state index contributed by atoms with van der Waals surface area (Å²) in [6.07, 6.45) is 2.20. The van der Waals surface area contributed by atoms with Crippen LogP contribution in [0.4, 0.5) is 5.82 Å². The number of hydrogen-bond acceptors (Lipinski definition) is 4. The van der Waals surface area contributed by atoms with Gasteiger partial charge in [-0.05, 0) is 25.5 Å². The molecule has 1 aromatic rings. The number of pyridine rings is 1. The van der Waals surface area contributed by atoms with E-state index in [9.17, 15) is 4.79 Å². The van der Waals surface area contributed by atoms with Gasteiger partial charge >= 0.3 is 0 Å². The molecule has 0 aliphatic rings. The highest BCUT2D eigenvalue weighted by Crippen LogP contribution is 2.14. The molecule has 0 saturated heterocycles. The standard InChI is InChI=1S/C12H19N3O2/c1-9(6-8-16)14-12(17)10-5-4-7-13-11(10)15(2)3/h4-5,7,9,16H,6,8H2,1-3H3,(H,14,17)/t9-/m1/s1. The first-order valence-corrected chi connectivity index (χ1v) is 5.60. The zero-order valence-corrected chi connectivity index (χ0v) is 10.5. The van der Waals surface area contributed by atoms with Gasteiger partial charge in [0.05, 0.1) is 5.56 Å². The van der Waals surface area contributed by atoms with Gasteiger partial charge in [0.15, 0.2) is 0 Å². The number of nitrogens with one attached hydrogen (secondary N) is 1. The van der Waals surface area contributed by atoms with Gasteiger partial charge in [0, 0.05) is 32.9 Å².